The van der Waals surface area contributed by atoms with Crippen LogP contribution in [0.4, 0.5) is 0 Å². The van der Waals surface area contributed by atoms with Gasteiger partial charge in [0.25, 0.3) is 0 Å². The molecule has 0 amide bonds. The Labute approximate surface area is 82.5 Å². The van der Waals surface area contributed by atoms with Crippen LogP contribution in [0, 0.1) is 0 Å². The first kappa shape index (κ1) is 10.6. The molecule has 1 aromatic rings. The van der Waals surface area contributed by atoms with Crippen LogP contribution in [0.1, 0.15) is 26.3 Å². The summed E-state index contributed by atoms with van der Waals surface area (Å²) in [6.07, 6.45) is 0. The molecule has 0 heterocycles. The van der Waals surface area contributed by atoms with Crippen molar-refractivity contribution in [3.8, 4) is 0 Å². The van der Waals surface area contributed by atoms with Gasteiger partial charge < -0.3 is 4.55 Å². The molecule has 1 aromatic carbocycles. The highest BCUT2D eigenvalue weighted by Gasteiger charge is 2.16. The Kier molecular flexibility index (Phi) is 3.01. The Bertz CT molecular complexity index is 291. The molecule has 0 unspecified atom stereocenters. The summed E-state index contributed by atoms with van der Waals surface area (Å²) >= 11 is -1.37. The summed E-state index contributed by atoms with van der Waals surface area (Å²) < 4.78 is 11.0. The van der Waals surface area contributed by atoms with Crippen molar-refractivity contribution in [3.05, 3.63) is 29.8 Å². The van der Waals surface area contributed by atoms with Crippen LogP contribution in [0.3, 0.4) is 0 Å². The first-order chi connectivity index (χ1) is 5.91. The maximum atomic E-state index is 11.0. The number of benzene rings is 1. The van der Waals surface area contributed by atoms with Crippen LogP contribution in [0.2, 0.25) is 0 Å². The van der Waals surface area contributed by atoms with Gasteiger partial charge in [-0.05, 0) is 23.1 Å². The van der Waals surface area contributed by atoms with Crippen molar-refractivity contribution >= 4 is 11.4 Å². The molecule has 0 saturated heterocycles. The number of hydrogen-bond acceptors (Lipinski definition) is 2. The quantitative estimate of drug-likeness (QED) is 0.700. The van der Waals surface area contributed by atoms with Gasteiger partial charge in [-0.15, -0.1) is 5.14 Å². The molecule has 0 fully saturated rings. The third-order valence-electron chi connectivity index (χ3n) is 1.93. The first-order valence-electron chi connectivity index (χ1n) is 4.18. The average molecular weight is 197 g/mol. The topological polar surface area (TPSA) is 49.1 Å². The minimum absolute atomic E-state index is 0.0788. The van der Waals surface area contributed by atoms with Crippen molar-refractivity contribution in [2.75, 3.05) is 0 Å². The summed E-state index contributed by atoms with van der Waals surface area (Å²) in [7, 11) is 0. The summed E-state index contributed by atoms with van der Waals surface area (Å²) in [6.45, 7) is 6.35. The van der Waals surface area contributed by atoms with E-state index in [4.69, 9.17) is 5.14 Å². The highest BCUT2D eigenvalue weighted by Crippen LogP contribution is 2.23. The van der Waals surface area contributed by atoms with Crippen LogP contribution in [0.15, 0.2) is 29.2 Å². The monoisotopic (exact) mass is 197 g/mol. The second-order valence-electron chi connectivity index (χ2n) is 4.08. The molecule has 3 heteroatoms. The van der Waals surface area contributed by atoms with Crippen molar-refractivity contribution in [3.63, 3.8) is 0 Å². The Hall–Kier alpha value is -0.510. The van der Waals surface area contributed by atoms with Crippen molar-refractivity contribution in [1.29, 1.82) is 0 Å². The fourth-order valence-corrected chi connectivity index (χ4v) is 1.54. The molecule has 2 N–H and O–H groups in total. The van der Waals surface area contributed by atoms with Crippen molar-refractivity contribution < 1.29 is 4.55 Å². The van der Waals surface area contributed by atoms with E-state index in [1.54, 1.807) is 6.07 Å². The molecule has 0 aliphatic rings. The third-order valence-corrected chi connectivity index (χ3v) is 2.65. The lowest BCUT2D eigenvalue weighted by molar-refractivity contribution is 0.583. The van der Waals surface area contributed by atoms with Gasteiger partial charge in [-0.1, -0.05) is 32.9 Å². The summed E-state index contributed by atoms with van der Waals surface area (Å²) in [5.41, 5.74) is 1.24. The molecule has 0 spiro atoms. The van der Waals surface area contributed by atoms with E-state index in [1.165, 1.54) is 0 Å². The number of nitrogens with two attached hydrogens (primary N) is 1. The lowest BCUT2D eigenvalue weighted by Crippen LogP contribution is -2.15. The molecule has 1 rings (SSSR count). The summed E-state index contributed by atoms with van der Waals surface area (Å²) in [6, 6.07) is 7.60. The lowest BCUT2D eigenvalue weighted by atomic mass is 9.87. The van der Waals surface area contributed by atoms with Crippen LogP contribution in [0.5, 0.6) is 0 Å². The van der Waals surface area contributed by atoms with E-state index >= 15 is 0 Å². The third kappa shape index (κ3) is 2.72. The van der Waals surface area contributed by atoms with Crippen LogP contribution >= 0.6 is 0 Å². The van der Waals surface area contributed by atoms with Crippen LogP contribution < -0.4 is 5.14 Å². The predicted octanol–water partition coefficient (Wildman–Crippen LogP) is 1.97. The van der Waals surface area contributed by atoms with E-state index in [2.05, 4.69) is 20.8 Å². The van der Waals surface area contributed by atoms with Gasteiger partial charge in [0.2, 0.25) is 0 Å². The largest absolute Gasteiger partial charge is 0.593 e. The van der Waals surface area contributed by atoms with Gasteiger partial charge in [-0.3, -0.25) is 0 Å². The Morgan fingerprint density at radius 3 is 2.38 bits per heavy atom. The number of hydrogen-bond donors (Lipinski definition) is 1. The number of rotatable bonds is 1. The maximum Gasteiger partial charge on any atom is 0.173 e. The molecular weight excluding hydrogens is 182 g/mol. The van der Waals surface area contributed by atoms with Gasteiger partial charge in [0.1, 0.15) is 0 Å². The first-order valence-corrected chi connectivity index (χ1v) is 5.39. The summed E-state index contributed by atoms with van der Waals surface area (Å²) in [5, 5.41) is 5.30. The van der Waals surface area contributed by atoms with E-state index in [-0.39, 0.29) is 5.41 Å². The van der Waals surface area contributed by atoms with Gasteiger partial charge in [0.05, 0.1) is 11.4 Å². The summed E-state index contributed by atoms with van der Waals surface area (Å²) in [4.78, 5) is 0.687. The van der Waals surface area contributed by atoms with Crippen LogP contribution in [-0.4, -0.2) is 4.55 Å². The van der Waals surface area contributed by atoms with Gasteiger partial charge in [-0.25, -0.2) is 0 Å². The Morgan fingerprint density at radius 2 is 1.92 bits per heavy atom. The Morgan fingerprint density at radius 1 is 1.31 bits per heavy atom. The van der Waals surface area contributed by atoms with Gasteiger partial charge in [0.15, 0.2) is 4.90 Å². The smallest absolute Gasteiger partial charge is 0.173 e. The highest BCUT2D eigenvalue weighted by atomic mass is 32.2. The SMILES string of the molecule is CC(C)(C)c1cccc([S@+](N)[O-])c1. The fourth-order valence-electron chi connectivity index (χ4n) is 1.09. The normalized spacial score (nSPS) is 14.2. The van der Waals surface area contributed by atoms with Gasteiger partial charge >= 0.3 is 0 Å². The fraction of sp³-hybridized carbons (Fsp3) is 0.400. The van der Waals surface area contributed by atoms with E-state index in [1.807, 2.05) is 18.2 Å². The van der Waals surface area contributed by atoms with Crippen LogP contribution in [-0.2, 0) is 16.8 Å². The van der Waals surface area contributed by atoms with Crippen LogP contribution in [0.25, 0.3) is 0 Å². The molecular formula is C10H15NOS. The molecule has 0 aliphatic heterocycles. The minimum atomic E-state index is -1.37. The van der Waals surface area contributed by atoms with E-state index in [0.717, 1.165) is 5.56 Å². The molecule has 1 atom stereocenters. The molecule has 2 nitrogen and oxygen atoms in total. The zero-order chi connectivity index (χ0) is 10.1. The van der Waals surface area contributed by atoms with Crippen molar-refractivity contribution in [1.82, 2.24) is 0 Å². The van der Waals surface area contributed by atoms with Crippen molar-refractivity contribution in [2.45, 2.75) is 31.1 Å². The molecule has 13 heavy (non-hydrogen) atoms. The Balaban J connectivity index is 3.06. The van der Waals surface area contributed by atoms with E-state index < -0.39 is 11.4 Å². The zero-order valence-electron chi connectivity index (χ0n) is 8.20. The maximum absolute atomic E-state index is 11.0. The zero-order valence-corrected chi connectivity index (χ0v) is 9.02. The molecule has 0 bridgehead atoms. The minimum Gasteiger partial charge on any atom is -0.593 e. The molecule has 0 radical (unpaired) electrons. The molecule has 0 aliphatic carbocycles. The standard InChI is InChI=1S/C10H15NOS/c1-10(2,3)8-5-4-6-9(7-8)13(11)12/h4-7H,11H2,1-3H3/t13-/m1/s1. The molecule has 72 valence electrons. The van der Waals surface area contributed by atoms with Gasteiger partial charge in [0, 0.05) is 0 Å². The second-order valence-corrected chi connectivity index (χ2v) is 5.14. The summed E-state index contributed by atoms with van der Waals surface area (Å²) in [5.74, 6) is 0. The van der Waals surface area contributed by atoms with E-state index in [0.29, 0.717) is 4.90 Å². The predicted molar refractivity (Wildman–Crippen MR) is 55.7 cm³/mol. The van der Waals surface area contributed by atoms with Crippen molar-refractivity contribution in [2.24, 2.45) is 5.14 Å². The lowest BCUT2D eigenvalue weighted by Gasteiger charge is -2.19. The molecule has 0 saturated carbocycles. The molecule has 0 aromatic heterocycles. The highest BCUT2D eigenvalue weighted by molar-refractivity contribution is 7.89. The van der Waals surface area contributed by atoms with Gasteiger partial charge in [-0.2, -0.15) is 0 Å². The average Bonchev–Trinajstić information content (AvgIpc) is 2.03. The van der Waals surface area contributed by atoms with E-state index in [9.17, 15) is 4.55 Å². The second kappa shape index (κ2) is 3.70.